The Morgan fingerprint density at radius 1 is 1.35 bits per heavy atom. The summed E-state index contributed by atoms with van der Waals surface area (Å²) in [5.41, 5.74) is 1.10. The Morgan fingerprint density at radius 2 is 2.13 bits per heavy atom. The molecule has 23 heavy (non-hydrogen) atoms. The van der Waals surface area contributed by atoms with Crippen molar-refractivity contribution < 1.29 is 17.9 Å². The summed E-state index contributed by atoms with van der Waals surface area (Å²) in [6, 6.07) is 4.92. The first kappa shape index (κ1) is 16.4. The minimum atomic E-state index is -3.56. The Hall–Kier alpha value is -1.48. The molecule has 8 heteroatoms. The van der Waals surface area contributed by atoms with E-state index >= 15 is 0 Å². The van der Waals surface area contributed by atoms with Crippen molar-refractivity contribution in [3.63, 3.8) is 0 Å². The number of morpholine rings is 1. The minimum Gasteiger partial charge on any atom is -0.366 e. The van der Waals surface area contributed by atoms with E-state index in [9.17, 15) is 13.2 Å². The van der Waals surface area contributed by atoms with Gasteiger partial charge in [-0.3, -0.25) is 4.79 Å². The highest BCUT2D eigenvalue weighted by Crippen LogP contribution is 2.25. The number of hydrogen-bond donors (Lipinski definition) is 3. The van der Waals surface area contributed by atoms with Crippen molar-refractivity contribution in [2.75, 3.05) is 25.0 Å². The third-order valence-electron chi connectivity index (χ3n) is 3.86. The van der Waals surface area contributed by atoms with Crippen LogP contribution in [-0.4, -0.2) is 46.2 Å². The molecule has 0 spiro atoms. The largest absolute Gasteiger partial charge is 0.366 e. The molecule has 2 aliphatic rings. The molecule has 0 bridgehead atoms. The molecule has 126 valence electrons. The van der Waals surface area contributed by atoms with E-state index in [2.05, 4.69) is 15.4 Å². The number of hydrogen-bond acceptors (Lipinski definition) is 5. The smallest absolute Gasteiger partial charge is 0.254 e. The van der Waals surface area contributed by atoms with Gasteiger partial charge in [-0.05, 0) is 37.5 Å². The number of anilines is 1. The fraction of sp³-hybridized carbons (Fsp3) is 0.533. The van der Waals surface area contributed by atoms with Crippen LogP contribution >= 0.6 is 0 Å². The van der Waals surface area contributed by atoms with Gasteiger partial charge in [0.2, 0.25) is 10.0 Å². The van der Waals surface area contributed by atoms with Crippen molar-refractivity contribution in [3.8, 4) is 0 Å². The van der Waals surface area contributed by atoms with Crippen LogP contribution in [0, 0.1) is 6.92 Å². The molecule has 1 saturated carbocycles. The Bertz CT molecular complexity index is 695. The van der Waals surface area contributed by atoms with E-state index in [1.807, 2.05) is 0 Å². The molecule has 1 aromatic rings. The average Bonchev–Trinajstić information content (AvgIpc) is 3.33. The lowest BCUT2D eigenvalue weighted by Crippen LogP contribution is -2.45. The van der Waals surface area contributed by atoms with Crippen LogP contribution in [0.15, 0.2) is 23.1 Å². The molecular weight excluding hydrogens is 318 g/mol. The number of aryl methyl sites for hydroxylation is 1. The molecule has 1 heterocycles. The number of sulfonamides is 1. The molecule has 2 fully saturated rings. The van der Waals surface area contributed by atoms with E-state index in [0.29, 0.717) is 24.4 Å². The predicted molar refractivity (Wildman–Crippen MR) is 85.8 cm³/mol. The van der Waals surface area contributed by atoms with Crippen molar-refractivity contribution in [1.82, 2.24) is 10.0 Å². The maximum atomic E-state index is 12.4. The van der Waals surface area contributed by atoms with E-state index in [-0.39, 0.29) is 16.8 Å². The van der Waals surface area contributed by atoms with Gasteiger partial charge in [-0.15, -0.1) is 0 Å². The van der Waals surface area contributed by atoms with E-state index in [1.165, 1.54) is 6.07 Å². The van der Waals surface area contributed by atoms with Crippen LogP contribution in [0.25, 0.3) is 0 Å². The fourth-order valence-electron chi connectivity index (χ4n) is 2.41. The van der Waals surface area contributed by atoms with E-state index in [0.717, 1.165) is 19.4 Å². The van der Waals surface area contributed by atoms with Crippen molar-refractivity contribution in [3.05, 3.63) is 23.8 Å². The second-order valence-electron chi connectivity index (χ2n) is 5.93. The van der Waals surface area contributed by atoms with Crippen molar-refractivity contribution in [1.29, 1.82) is 0 Å². The van der Waals surface area contributed by atoms with Gasteiger partial charge in [0.25, 0.3) is 5.91 Å². The maximum Gasteiger partial charge on any atom is 0.254 e. The molecular formula is C15H21N3O4S. The third-order valence-corrected chi connectivity index (χ3v) is 5.53. The highest BCUT2D eigenvalue weighted by Gasteiger charge is 2.29. The number of ether oxygens (including phenoxy) is 1. The zero-order valence-corrected chi connectivity index (χ0v) is 13.8. The zero-order valence-electron chi connectivity index (χ0n) is 13.0. The van der Waals surface area contributed by atoms with Gasteiger partial charge in [0.05, 0.1) is 11.5 Å². The highest BCUT2D eigenvalue weighted by molar-refractivity contribution is 7.89. The van der Waals surface area contributed by atoms with E-state index in [1.54, 1.807) is 19.1 Å². The monoisotopic (exact) mass is 339 g/mol. The molecule has 1 aliphatic heterocycles. The van der Waals surface area contributed by atoms with Crippen LogP contribution < -0.4 is 15.4 Å². The van der Waals surface area contributed by atoms with Gasteiger partial charge in [-0.25, -0.2) is 13.1 Å². The lowest BCUT2D eigenvalue weighted by molar-refractivity contribution is -0.128. The van der Waals surface area contributed by atoms with Crippen LogP contribution in [-0.2, 0) is 19.6 Å². The van der Waals surface area contributed by atoms with Crippen LogP contribution in [0.3, 0.4) is 0 Å². The molecule has 7 nitrogen and oxygen atoms in total. The molecule has 1 aromatic carbocycles. The SMILES string of the molecule is Cc1ccc(NC(=O)C2CNCCO2)cc1S(=O)(=O)NC1CC1. The lowest BCUT2D eigenvalue weighted by atomic mass is 10.2. The summed E-state index contributed by atoms with van der Waals surface area (Å²) in [6.07, 6.45) is 1.19. The number of nitrogens with one attached hydrogen (secondary N) is 3. The summed E-state index contributed by atoms with van der Waals surface area (Å²) in [7, 11) is -3.56. The van der Waals surface area contributed by atoms with Gasteiger partial charge in [0, 0.05) is 24.8 Å². The van der Waals surface area contributed by atoms with Gasteiger partial charge < -0.3 is 15.4 Å². The van der Waals surface area contributed by atoms with Gasteiger partial charge in [0.1, 0.15) is 6.10 Å². The lowest BCUT2D eigenvalue weighted by Gasteiger charge is -2.22. The van der Waals surface area contributed by atoms with Gasteiger partial charge in [-0.2, -0.15) is 0 Å². The molecule has 0 aromatic heterocycles. The summed E-state index contributed by atoms with van der Waals surface area (Å²) in [5.74, 6) is -0.278. The molecule has 3 rings (SSSR count). The molecule has 1 amide bonds. The number of carbonyl (C=O) groups is 1. The van der Waals surface area contributed by atoms with Gasteiger partial charge >= 0.3 is 0 Å². The normalized spacial score (nSPS) is 21.9. The Balaban J connectivity index is 1.75. The fourth-order valence-corrected chi connectivity index (χ4v) is 3.98. The first-order valence-corrected chi connectivity index (χ1v) is 9.20. The molecule has 1 saturated heterocycles. The Kier molecular flexibility index (Phi) is 4.67. The van der Waals surface area contributed by atoms with Crippen LogP contribution in [0.1, 0.15) is 18.4 Å². The van der Waals surface area contributed by atoms with E-state index in [4.69, 9.17) is 4.74 Å². The van der Waals surface area contributed by atoms with Crippen molar-refractivity contribution >= 4 is 21.6 Å². The zero-order chi connectivity index (χ0) is 16.4. The maximum absolute atomic E-state index is 12.4. The minimum absolute atomic E-state index is 0.0411. The molecule has 0 radical (unpaired) electrons. The standard InChI is InChI=1S/C15H21N3O4S/c1-10-2-3-12(17-15(19)13-9-16-6-7-22-13)8-14(10)23(20,21)18-11-4-5-11/h2-3,8,11,13,16,18H,4-7,9H2,1H3,(H,17,19). The third kappa shape index (κ3) is 4.08. The van der Waals surface area contributed by atoms with E-state index < -0.39 is 16.1 Å². The second-order valence-corrected chi connectivity index (χ2v) is 7.61. The number of carbonyl (C=O) groups excluding carboxylic acids is 1. The summed E-state index contributed by atoms with van der Waals surface area (Å²) in [5, 5.41) is 5.81. The number of benzene rings is 1. The van der Waals surface area contributed by atoms with Crippen LogP contribution in [0.5, 0.6) is 0 Å². The highest BCUT2D eigenvalue weighted by atomic mass is 32.2. The molecule has 1 unspecified atom stereocenters. The number of amides is 1. The van der Waals surface area contributed by atoms with Gasteiger partial charge in [-0.1, -0.05) is 6.07 Å². The average molecular weight is 339 g/mol. The predicted octanol–water partition coefficient (Wildman–Crippen LogP) is 0.363. The van der Waals surface area contributed by atoms with Crippen molar-refractivity contribution in [2.45, 2.75) is 36.8 Å². The first-order valence-electron chi connectivity index (χ1n) is 7.72. The summed E-state index contributed by atoms with van der Waals surface area (Å²) >= 11 is 0. The Labute approximate surface area is 135 Å². The second kappa shape index (κ2) is 6.56. The quantitative estimate of drug-likeness (QED) is 0.720. The molecule has 1 aliphatic carbocycles. The first-order chi connectivity index (χ1) is 11.0. The van der Waals surface area contributed by atoms with Gasteiger partial charge in [0.15, 0.2) is 0 Å². The topological polar surface area (TPSA) is 96.5 Å². The summed E-state index contributed by atoms with van der Waals surface area (Å²) in [6.45, 7) is 3.40. The van der Waals surface area contributed by atoms with Crippen LogP contribution in [0.2, 0.25) is 0 Å². The summed E-state index contributed by atoms with van der Waals surface area (Å²) in [4.78, 5) is 12.4. The van der Waals surface area contributed by atoms with Crippen LogP contribution in [0.4, 0.5) is 5.69 Å². The summed E-state index contributed by atoms with van der Waals surface area (Å²) < 4.78 is 32.8. The molecule has 3 N–H and O–H groups in total. The Morgan fingerprint density at radius 3 is 2.78 bits per heavy atom. The molecule has 1 atom stereocenters. The van der Waals surface area contributed by atoms with Crippen molar-refractivity contribution in [2.24, 2.45) is 0 Å². The number of rotatable bonds is 5.